The Kier molecular flexibility index (Phi) is 3.72. The molecule has 3 rings (SSSR count). The molecule has 2 aliphatic heterocycles. The highest BCUT2D eigenvalue weighted by molar-refractivity contribution is 4.93. The second kappa shape index (κ2) is 5.27. The van der Waals surface area contributed by atoms with Crippen LogP contribution in [0.1, 0.15) is 51.9 Å². The Bertz CT molecular complexity index is 251. The smallest absolute Gasteiger partial charge is 0.0226 e. The highest BCUT2D eigenvalue weighted by Gasteiger charge is 2.37. The molecule has 2 heterocycles. The average molecular weight is 236 g/mol. The van der Waals surface area contributed by atoms with Gasteiger partial charge in [0.25, 0.3) is 0 Å². The molecule has 0 bridgehead atoms. The van der Waals surface area contributed by atoms with Gasteiger partial charge in [0.2, 0.25) is 0 Å². The lowest BCUT2D eigenvalue weighted by Gasteiger charge is -2.49. The van der Waals surface area contributed by atoms with E-state index in [-0.39, 0.29) is 0 Å². The Labute approximate surface area is 106 Å². The normalized spacial score (nSPS) is 44.3. The van der Waals surface area contributed by atoms with Crippen molar-refractivity contribution >= 4 is 0 Å². The lowest BCUT2D eigenvalue weighted by molar-refractivity contribution is 0.0115. The van der Waals surface area contributed by atoms with E-state index in [2.05, 4.69) is 17.1 Å². The number of hydrogen-bond acceptors (Lipinski definition) is 2. The van der Waals surface area contributed by atoms with Crippen LogP contribution in [0.4, 0.5) is 0 Å². The maximum absolute atomic E-state index is 3.64. The zero-order chi connectivity index (χ0) is 11.7. The van der Waals surface area contributed by atoms with Crippen LogP contribution >= 0.6 is 0 Å². The molecule has 17 heavy (non-hydrogen) atoms. The lowest BCUT2D eigenvalue weighted by atomic mass is 9.77. The fraction of sp³-hybridized carbons (Fsp3) is 1.00. The number of hydrogen-bond donors (Lipinski definition) is 1. The summed E-state index contributed by atoms with van der Waals surface area (Å²) in [5, 5.41) is 3.64. The van der Waals surface area contributed by atoms with Gasteiger partial charge in [0, 0.05) is 18.6 Å². The summed E-state index contributed by atoms with van der Waals surface area (Å²) in [6, 6.07) is 1.78. The first kappa shape index (κ1) is 12.0. The van der Waals surface area contributed by atoms with Crippen LogP contribution < -0.4 is 5.32 Å². The predicted octanol–water partition coefficient (Wildman–Crippen LogP) is 2.64. The van der Waals surface area contributed by atoms with Crippen molar-refractivity contribution in [2.24, 2.45) is 11.8 Å². The third kappa shape index (κ3) is 2.53. The van der Waals surface area contributed by atoms with E-state index >= 15 is 0 Å². The van der Waals surface area contributed by atoms with Gasteiger partial charge in [-0.1, -0.05) is 19.8 Å². The van der Waals surface area contributed by atoms with Crippen LogP contribution in [-0.4, -0.2) is 36.6 Å². The number of fused-ring (bicyclic) bond motifs is 1. The van der Waals surface area contributed by atoms with Gasteiger partial charge in [0.05, 0.1) is 0 Å². The second-order valence-electron chi connectivity index (χ2n) is 6.64. The van der Waals surface area contributed by atoms with Crippen molar-refractivity contribution in [3.8, 4) is 0 Å². The molecule has 0 radical (unpaired) electrons. The third-order valence-electron chi connectivity index (χ3n) is 5.30. The molecule has 2 saturated heterocycles. The van der Waals surface area contributed by atoms with Crippen LogP contribution in [0.25, 0.3) is 0 Å². The summed E-state index contributed by atoms with van der Waals surface area (Å²) < 4.78 is 0. The number of piperidine rings is 2. The molecule has 1 aliphatic carbocycles. The second-order valence-corrected chi connectivity index (χ2v) is 6.64. The van der Waals surface area contributed by atoms with Gasteiger partial charge in [0.15, 0.2) is 0 Å². The summed E-state index contributed by atoms with van der Waals surface area (Å²) in [5.41, 5.74) is 0. The molecule has 1 saturated carbocycles. The molecular formula is C15H28N2. The van der Waals surface area contributed by atoms with Crippen LogP contribution in [0.3, 0.4) is 0 Å². The van der Waals surface area contributed by atoms with Gasteiger partial charge in [-0.15, -0.1) is 0 Å². The Morgan fingerprint density at radius 2 is 1.82 bits per heavy atom. The SMILES string of the molecule is CC1CNCC(N2CCC[C@H]3CCCC[C@H]32)C1. The van der Waals surface area contributed by atoms with Crippen LogP contribution in [0.5, 0.6) is 0 Å². The third-order valence-corrected chi connectivity index (χ3v) is 5.30. The topological polar surface area (TPSA) is 15.3 Å². The molecule has 0 amide bonds. The van der Waals surface area contributed by atoms with Crippen molar-refractivity contribution in [3.63, 3.8) is 0 Å². The molecule has 0 aromatic rings. The van der Waals surface area contributed by atoms with E-state index in [1.165, 1.54) is 64.6 Å². The minimum atomic E-state index is 0.838. The minimum absolute atomic E-state index is 0.838. The van der Waals surface area contributed by atoms with Gasteiger partial charge >= 0.3 is 0 Å². The lowest BCUT2D eigenvalue weighted by Crippen LogP contribution is -2.56. The first-order valence-electron chi connectivity index (χ1n) is 7.81. The van der Waals surface area contributed by atoms with E-state index < -0.39 is 0 Å². The minimum Gasteiger partial charge on any atom is -0.315 e. The van der Waals surface area contributed by atoms with Crippen molar-refractivity contribution in [2.75, 3.05) is 19.6 Å². The van der Waals surface area contributed by atoms with E-state index in [9.17, 15) is 0 Å². The van der Waals surface area contributed by atoms with Gasteiger partial charge in [-0.05, 0) is 57.0 Å². The van der Waals surface area contributed by atoms with E-state index in [0.29, 0.717) is 0 Å². The van der Waals surface area contributed by atoms with E-state index in [1.54, 1.807) is 0 Å². The molecule has 0 spiro atoms. The number of rotatable bonds is 1. The summed E-state index contributed by atoms with van der Waals surface area (Å²) in [7, 11) is 0. The quantitative estimate of drug-likeness (QED) is 0.753. The Morgan fingerprint density at radius 3 is 2.71 bits per heavy atom. The molecule has 2 unspecified atom stereocenters. The fourth-order valence-electron chi connectivity index (χ4n) is 4.50. The molecule has 98 valence electrons. The van der Waals surface area contributed by atoms with E-state index in [4.69, 9.17) is 0 Å². The molecule has 1 N–H and O–H groups in total. The molecular weight excluding hydrogens is 208 g/mol. The van der Waals surface area contributed by atoms with Crippen LogP contribution in [-0.2, 0) is 0 Å². The number of nitrogens with zero attached hydrogens (tertiary/aromatic N) is 1. The first-order chi connectivity index (χ1) is 8.34. The molecule has 0 aromatic heterocycles. The number of nitrogens with one attached hydrogen (secondary N) is 1. The summed E-state index contributed by atoms with van der Waals surface area (Å²) >= 11 is 0. The van der Waals surface area contributed by atoms with Crippen LogP contribution in [0.2, 0.25) is 0 Å². The largest absolute Gasteiger partial charge is 0.315 e. The first-order valence-corrected chi connectivity index (χ1v) is 7.81. The highest BCUT2D eigenvalue weighted by Crippen LogP contribution is 2.37. The molecule has 2 heteroatoms. The van der Waals surface area contributed by atoms with Crippen molar-refractivity contribution in [1.82, 2.24) is 10.2 Å². The Morgan fingerprint density at radius 1 is 1.00 bits per heavy atom. The fourth-order valence-corrected chi connectivity index (χ4v) is 4.50. The molecule has 4 atom stereocenters. The summed E-state index contributed by atoms with van der Waals surface area (Å²) in [6.07, 6.45) is 10.4. The molecule has 0 aromatic carbocycles. The maximum atomic E-state index is 3.64. The average Bonchev–Trinajstić information content (AvgIpc) is 2.38. The van der Waals surface area contributed by atoms with Gasteiger partial charge in [-0.2, -0.15) is 0 Å². The van der Waals surface area contributed by atoms with Gasteiger partial charge in [-0.3, -0.25) is 4.90 Å². The van der Waals surface area contributed by atoms with Crippen LogP contribution in [0, 0.1) is 11.8 Å². The standard InChI is InChI=1S/C15H28N2/c1-12-9-14(11-16-10-12)17-8-4-6-13-5-2-3-7-15(13)17/h12-16H,2-11H2,1H3/t12?,13-,14?,15-/m1/s1. The van der Waals surface area contributed by atoms with Gasteiger partial charge in [0.1, 0.15) is 0 Å². The van der Waals surface area contributed by atoms with Crippen LogP contribution in [0.15, 0.2) is 0 Å². The summed E-state index contributed by atoms with van der Waals surface area (Å²) in [5.74, 6) is 1.91. The van der Waals surface area contributed by atoms with E-state index in [0.717, 1.165) is 23.9 Å². The van der Waals surface area contributed by atoms with Crippen molar-refractivity contribution in [1.29, 1.82) is 0 Å². The highest BCUT2D eigenvalue weighted by atomic mass is 15.2. The maximum Gasteiger partial charge on any atom is 0.0226 e. The molecule has 3 fully saturated rings. The summed E-state index contributed by atoms with van der Waals surface area (Å²) in [6.45, 7) is 6.26. The molecule has 3 aliphatic rings. The Balaban J connectivity index is 1.67. The zero-order valence-corrected chi connectivity index (χ0v) is 11.3. The number of likely N-dealkylation sites (tertiary alicyclic amines) is 1. The predicted molar refractivity (Wildman–Crippen MR) is 72.1 cm³/mol. The van der Waals surface area contributed by atoms with Crippen molar-refractivity contribution in [3.05, 3.63) is 0 Å². The van der Waals surface area contributed by atoms with Crippen molar-refractivity contribution < 1.29 is 0 Å². The van der Waals surface area contributed by atoms with Crippen molar-refractivity contribution in [2.45, 2.75) is 64.0 Å². The monoisotopic (exact) mass is 236 g/mol. The van der Waals surface area contributed by atoms with Gasteiger partial charge in [-0.25, -0.2) is 0 Å². The summed E-state index contributed by atoms with van der Waals surface area (Å²) in [4.78, 5) is 2.90. The van der Waals surface area contributed by atoms with E-state index in [1.807, 2.05) is 0 Å². The Hall–Kier alpha value is -0.0800. The molecule has 2 nitrogen and oxygen atoms in total. The zero-order valence-electron chi connectivity index (χ0n) is 11.3. The van der Waals surface area contributed by atoms with Gasteiger partial charge < -0.3 is 5.32 Å².